The standard InChI is InChI=1S/C8H9N3O3/c1-11-7(12)2-6(8(11)13)10-5-3-9-14-4-5/h3-4,6,10H,2H2,1H3. The van der Waals surface area contributed by atoms with Gasteiger partial charge in [-0.3, -0.25) is 14.5 Å². The summed E-state index contributed by atoms with van der Waals surface area (Å²) >= 11 is 0. The molecule has 1 aliphatic heterocycles. The topological polar surface area (TPSA) is 75.4 Å². The number of amides is 2. The van der Waals surface area contributed by atoms with Crippen molar-refractivity contribution in [1.29, 1.82) is 0 Å². The maximum atomic E-state index is 11.4. The van der Waals surface area contributed by atoms with Gasteiger partial charge in [-0.15, -0.1) is 0 Å². The van der Waals surface area contributed by atoms with Crippen LogP contribution in [0.1, 0.15) is 6.42 Å². The number of imide groups is 1. The molecule has 6 nitrogen and oxygen atoms in total. The lowest BCUT2D eigenvalue weighted by molar-refractivity contribution is -0.136. The zero-order valence-corrected chi connectivity index (χ0v) is 7.56. The molecule has 1 fully saturated rings. The predicted molar refractivity (Wildman–Crippen MR) is 46.3 cm³/mol. The van der Waals surface area contributed by atoms with Gasteiger partial charge in [0.05, 0.1) is 18.3 Å². The second-order valence-electron chi connectivity index (χ2n) is 3.11. The summed E-state index contributed by atoms with van der Waals surface area (Å²) in [7, 11) is 1.47. The van der Waals surface area contributed by atoms with Gasteiger partial charge in [-0.25, -0.2) is 0 Å². The van der Waals surface area contributed by atoms with E-state index >= 15 is 0 Å². The number of anilines is 1. The molecular formula is C8H9N3O3. The van der Waals surface area contributed by atoms with Crippen LogP contribution in [0.4, 0.5) is 5.69 Å². The Labute approximate surface area is 79.8 Å². The van der Waals surface area contributed by atoms with Crippen molar-refractivity contribution in [2.45, 2.75) is 12.5 Å². The van der Waals surface area contributed by atoms with Crippen molar-refractivity contribution in [1.82, 2.24) is 10.1 Å². The van der Waals surface area contributed by atoms with Crippen LogP contribution in [0.15, 0.2) is 17.0 Å². The second kappa shape index (κ2) is 3.13. The number of likely N-dealkylation sites (N-methyl/N-ethyl adjacent to an activating group) is 1. The average molecular weight is 195 g/mol. The number of carbonyl (C=O) groups excluding carboxylic acids is 2. The largest absolute Gasteiger partial charge is 0.369 e. The molecule has 2 heterocycles. The zero-order chi connectivity index (χ0) is 10.1. The van der Waals surface area contributed by atoms with Crippen LogP contribution in [0.3, 0.4) is 0 Å². The van der Waals surface area contributed by atoms with E-state index in [9.17, 15) is 9.59 Å². The highest BCUT2D eigenvalue weighted by atomic mass is 16.5. The average Bonchev–Trinajstić information content (AvgIpc) is 2.73. The number of nitrogens with one attached hydrogen (secondary N) is 1. The Kier molecular flexibility index (Phi) is 1.95. The minimum Gasteiger partial charge on any atom is -0.369 e. The Hall–Kier alpha value is -1.85. The summed E-state index contributed by atoms with van der Waals surface area (Å²) in [4.78, 5) is 23.7. The van der Waals surface area contributed by atoms with Crippen molar-refractivity contribution >= 4 is 17.5 Å². The van der Waals surface area contributed by atoms with Crippen LogP contribution in [-0.4, -0.2) is 35.0 Å². The molecule has 2 rings (SSSR count). The Morgan fingerprint density at radius 1 is 1.64 bits per heavy atom. The zero-order valence-electron chi connectivity index (χ0n) is 7.56. The van der Waals surface area contributed by atoms with Gasteiger partial charge in [0, 0.05) is 7.05 Å². The molecule has 0 spiro atoms. The number of aromatic nitrogens is 1. The number of carbonyl (C=O) groups is 2. The van der Waals surface area contributed by atoms with Gasteiger partial charge in [0.15, 0.2) is 0 Å². The Morgan fingerprint density at radius 3 is 2.93 bits per heavy atom. The van der Waals surface area contributed by atoms with Crippen LogP contribution in [-0.2, 0) is 9.59 Å². The molecule has 1 N–H and O–H groups in total. The minimum absolute atomic E-state index is 0.177. The molecule has 0 radical (unpaired) electrons. The van der Waals surface area contributed by atoms with Crippen LogP contribution in [0.25, 0.3) is 0 Å². The van der Waals surface area contributed by atoms with Crippen molar-refractivity contribution in [3.05, 3.63) is 12.5 Å². The van der Waals surface area contributed by atoms with Gasteiger partial charge in [0.2, 0.25) is 5.91 Å². The molecule has 1 saturated heterocycles. The monoisotopic (exact) mass is 195 g/mol. The quantitative estimate of drug-likeness (QED) is 0.664. The van der Waals surface area contributed by atoms with Crippen molar-refractivity contribution in [3.63, 3.8) is 0 Å². The molecule has 0 aliphatic carbocycles. The fraction of sp³-hybridized carbons (Fsp3) is 0.375. The summed E-state index contributed by atoms with van der Waals surface area (Å²) in [6.45, 7) is 0. The van der Waals surface area contributed by atoms with Gasteiger partial charge in [0.25, 0.3) is 5.91 Å². The molecule has 1 aromatic rings. The fourth-order valence-electron chi connectivity index (χ4n) is 1.35. The van der Waals surface area contributed by atoms with E-state index in [1.54, 1.807) is 0 Å². The summed E-state index contributed by atoms with van der Waals surface area (Å²) in [5, 5.41) is 6.34. The molecule has 1 aliphatic rings. The third kappa shape index (κ3) is 1.34. The van der Waals surface area contributed by atoms with E-state index < -0.39 is 6.04 Å². The second-order valence-corrected chi connectivity index (χ2v) is 3.11. The first-order valence-electron chi connectivity index (χ1n) is 4.15. The molecule has 0 bridgehead atoms. The van der Waals surface area contributed by atoms with Gasteiger partial charge in [-0.2, -0.15) is 0 Å². The number of nitrogens with zero attached hydrogens (tertiary/aromatic N) is 2. The lowest BCUT2D eigenvalue weighted by Gasteiger charge is -2.09. The molecule has 14 heavy (non-hydrogen) atoms. The van der Waals surface area contributed by atoms with E-state index in [1.165, 1.54) is 19.5 Å². The molecule has 0 saturated carbocycles. The normalized spacial score (nSPS) is 21.8. The number of hydrogen-bond acceptors (Lipinski definition) is 5. The number of likely N-dealkylation sites (tertiary alicyclic amines) is 1. The highest BCUT2D eigenvalue weighted by Gasteiger charge is 2.35. The fourth-order valence-corrected chi connectivity index (χ4v) is 1.35. The van der Waals surface area contributed by atoms with Crippen LogP contribution in [0.5, 0.6) is 0 Å². The van der Waals surface area contributed by atoms with Gasteiger partial charge < -0.3 is 9.84 Å². The highest BCUT2D eigenvalue weighted by molar-refractivity contribution is 6.06. The van der Waals surface area contributed by atoms with Gasteiger partial charge in [-0.1, -0.05) is 5.16 Å². The molecule has 6 heteroatoms. The first-order chi connectivity index (χ1) is 6.68. The summed E-state index contributed by atoms with van der Waals surface area (Å²) in [6.07, 6.45) is 3.02. The molecular weight excluding hydrogens is 186 g/mol. The Balaban J connectivity index is 2.07. The van der Waals surface area contributed by atoms with E-state index in [2.05, 4.69) is 15.0 Å². The summed E-state index contributed by atoms with van der Waals surface area (Å²) in [5.74, 6) is -0.403. The predicted octanol–water partition coefficient (Wildman–Crippen LogP) is -0.156. The third-order valence-corrected chi connectivity index (χ3v) is 2.15. The Morgan fingerprint density at radius 2 is 2.43 bits per heavy atom. The number of hydrogen-bond donors (Lipinski definition) is 1. The molecule has 0 aromatic carbocycles. The van der Waals surface area contributed by atoms with Crippen molar-refractivity contribution in [3.8, 4) is 0 Å². The van der Waals surface area contributed by atoms with Crippen LogP contribution >= 0.6 is 0 Å². The Bertz CT molecular complexity index is 360. The van der Waals surface area contributed by atoms with Gasteiger partial charge in [-0.05, 0) is 0 Å². The van der Waals surface area contributed by atoms with Gasteiger partial charge in [0.1, 0.15) is 12.3 Å². The van der Waals surface area contributed by atoms with Crippen molar-refractivity contribution in [2.24, 2.45) is 0 Å². The first-order valence-corrected chi connectivity index (χ1v) is 4.15. The summed E-state index contributed by atoms with van der Waals surface area (Å²) < 4.78 is 4.59. The van der Waals surface area contributed by atoms with Crippen LogP contribution < -0.4 is 5.32 Å². The van der Waals surface area contributed by atoms with E-state index in [0.717, 1.165) is 4.90 Å². The molecule has 1 atom stereocenters. The van der Waals surface area contributed by atoms with E-state index in [1.807, 2.05) is 0 Å². The number of rotatable bonds is 2. The summed E-state index contributed by atoms with van der Waals surface area (Å²) in [6, 6.07) is -0.494. The lowest BCUT2D eigenvalue weighted by atomic mass is 10.2. The minimum atomic E-state index is -0.494. The SMILES string of the molecule is CN1C(=O)CC(Nc2cnoc2)C1=O. The first kappa shape index (κ1) is 8.74. The van der Waals surface area contributed by atoms with Gasteiger partial charge >= 0.3 is 0 Å². The molecule has 74 valence electrons. The van der Waals surface area contributed by atoms with E-state index in [4.69, 9.17) is 0 Å². The van der Waals surface area contributed by atoms with Crippen LogP contribution in [0, 0.1) is 0 Å². The van der Waals surface area contributed by atoms with Crippen molar-refractivity contribution < 1.29 is 14.1 Å². The smallest absolute Gasteiger partial charge is 0.251 e. The highest BCUT2D eigenvalue weighted by Crippen LogP contribution is 2.16. The summed E-state index contributed by atoms with van der Waals surface area (Å²) in [5.41, 5.74) is 0.603. The van der Waals surface area contributed by atoms with Crippen molar-refractivity contribution in [2.75, 3.05) is 12.4 Å². The molecule has 2 amide bonds. The maximum absolute atomic E-state index is 11.4. The lowest BCUT2D eigenvalue weighted by Crippen LogP contribution is -2.31. The third-order valence-electron chi connectivity index (χ3n) is 2.15. The van der Waals surface area contributed by atoms with Crippen LogP contribution in [0.2, 0.25) is 0 Å². The molecule has 1 unspecified atom stereocenters. The maximum Gasteiger partial charge on any atom is 0.251 e. The van der Waals surface area contributed by atoms with E-state index in [0.29, 0.717) is 5.69 Å². The van der Waals surface area contributed by atoms with E-state index in [-0.39, 0.29) is 18.2 Å². The molecule has 1 aromatic heterocycles.